The fraction of sp³-hybridized carbons (Fsp3) is 0.188. The van der Waals surface area contributed by atoms with Gasteiger partial charge >= 0.3 is 0 Å². The summed E-state index contributed by atoms with van der Waals surface area (Å²) in [5, 5.41) is 2.87. The summed E-state index contributed by atoms with van der Waals surface area (Å²) in [4.78, 5) is 11.9. The number of hydrogen-bond donors (Lipinski definition) is 1. The zero-order valence-electron chi connectivity index (χ0n) is 11.1. The van der Waals surface area contributed by atoms with Crippen molar-refractivity contribution < 1.29 is 9.18 Å². The molecule has 0 bridgehead atoms. The highest BCUT2D eigenvalue weighted by Crippen LogP contribution is 2.20. The largest absolute Gasteiger partial charge is 0.326 e. The molecule has 2 aromatic rings. The highest BCUT2D eigenvalue weighted by atomic mass is 79.9. The highest BCUT2D eigenvalue weighted by molar-refractivity contribution is 9.10. The number of amides is 1. The van der Waals surface area contributed by atoms with Crippen molar-refractivity contribution in [2.75, 3.05) is 5.32 Å². The Morgan fingerprint density at radius 3 is 2.75 bits per heavy atom. The third-order valence-electron chi connectivity index (χ3n) is 2.99. The molecule has 0 aromatic heterocycles. The molecule has 4 heteroatoms. The monoisotopic (exact) mass is 335 g/mol. The van der Waals surface area contributed by atoms with E-state index in [4.69, 9.17) is 0 Å². The van der Waals surface area contributed by atoms with Crippen molar-refractivity contribution in [3.8, 4) is 0 Å². The smallest absolute Gasteiger partial charge is 0.224 e. The summed E-state index contributed by atoms with van der Waals surface area (Å²) in [5.41, 5.74) is 2.63. The molecule has 2 aromatic carbocycles. The molecule has 20 heavy (non-hydrogen) atoms. The van der Waals surface area contributed by atoms with Gasteiger partial charge in [-0.05, 0) is 54.8 Å². The third kappa shape index (κ3) is 4.17. The molecule has 0 aliphatic rings. The van der Waals surface area contributed by atoms with E-state index < -0.39 is 0 Å². The summed E-state index contributed by atoms with van der Waals surface area (Å²) in [5.74, 6) is -0.341. The molecule has 104 valence electrons. The van der Waals surface area contributed by atoms with Gasteiger partial charge in [-0.15, -0.1) is 0 Å². The minimum atomic E-state index is -0.272. The molecule has 0 fully saturated rings. The van der Waals surface area contributed by atoms with E-state index in [9.17, 15) is 9.18 Å². The molecule has 0 saturated heterocycles. The van der Waals surface area contributed by atoms with Gasteiger partial charge in [0.05, 0.1) is 0 Å². The second-order valence-electron chi connectivity index (χ2n) is 4.64. The molecule has 0 radical (unpaired) electrons. The van der Waals surface area contributed by atoms with Crippen LogP contribution in [0.4, 0.5) is 10.1 Å². The van der Waals surface area contributed by atoms with Gasteiger partial charge in [-0.1, -0.05) is 28.1 Å². The maximum atomic E-state index is 13.0. The van der Waals surface area contributed by atoms with E-state index in [0.717, 1.165) is 21.3 Å². The maximum Gasteiger partial charge on any atom is 0.224 e. The fourth-order valence-electron chi connectivity index (χ4n) is 1.93. The fourth-order valence-corrected chi connectivity index (χ4v) is 2.41. The number of rotatable bonds is 4. The van der Waals surface area contributed by atoms with Crippen LogP contribution < -0.4 is 5.32 Å². The molecular weight excluding hydrogens is 321 g/mol. The molecule has 0 aliphatic heterocycles. The topological polar surface area (TPSA) is 29.1 Å². The Kier molecular flexibility index (Phi) is 4.90. The molecule has 1 amide bonds. The van der Waals surface area contributed by atoms with Crippen LogP contribution in [0.2, 0.25) is 0 Å². The van der Waals surface area contributed by atoms with Gasteiger partial charge in [0.1, 0.15) is 5.82 Å². The molecule has 1 N–H and O–H groups in total. The number of carbonyl (C=O) groups excluding carboxylic acids is 1. The lowest BCUT2D eigenvalue weighted by molar-refractivity contribution is -0.116. The van der Waals surface area contributed by atoms with Gasteiger partial charge in [0.25, 0.3) is 0 Å². The Hall–Kier alpha value is -1.68. The Morgan fingerprint density at radius 2 is 2.05 bits per heavy atom. The van der Waals surface area contributed by atoms with Crippen LogP contribution in [0.15, 0.2) is 46.9 Å². The van der Waals surface area contributed by atoms with Crippen LogP contribution in [0.1, 0.15) is 17.5 Å². The number of aryl methyl sites for hydroxylation is 2. The lowest BCUT2D eigenvalue weighted by atomic mass is 10.1. The first kappa shape index (κ1) is 14.7. The number of benzene rings is 2. The van der Waals surface area contributed by atoms with Crippen LogP contribution in [0.3, 0.4) is 0 Å². The van der Waals surface area contributed by atoms with Crippen LogP contribution in [0, 0.1) is 12.7 Å². The van der Waals surface area contributed by atoms with Crippen molar-refractivity contribution in [3.63, 3.8) is 0 Å². The van der Waals surface area contributed by atoms with E-state index in [-0.39, 0.29) is 11.7 Å². The minimum Gasteiger partial charge on any atom is -0.326 e. The van der Waals surface area contributed by atoms with Crippen molar-refractivity contribution in [1.82, 2.24) is 0 Å². The van der Waals surface area contributed by atoms with Crippen molar-refractivity contribution in [2.45, 2.75) is 19.8 Å². The van der Waals surface area contributed by atoms with Gasteiger partial charge in [-0.25, -0.2) is 4.39 Å². The molecule has 0 unspecified atom stereocenters. The molecule has 0 atom stereocenters. The SMILES string of the molecule is Cc1cc(Br)ccc1NC(=O)CCc1cccc(F)c1. The predicted octanol–water partition coefficient (Wildman–Crippen LogP) is 4.47. The average molecular weight is 336 g/mol. The van der Waals surface area contributed by atoms with E-state index in [1.807, 2.05) is 31.2 Å². The van der Waals surface area contributed by atoms with Crippen molar-refractivity contribution >= 4 is 27.5 Å². The van der Waals surface area contributed by atoms with Gasteiger partial charge in [-0.2, -0.15) is 0 Å². The molecular formula is C16H15BrFNO. The van der Waals surface area contributed by atoms with E-state index in [1.54, 1.807) is 6.07 Å². The first-order valence-electron chi connectivity index (χ1n) is 6.35. The Morgan fingerprint density at radius 1 is 1.25 bits per heavy atom. The molecule has 2 nitrogen and oxygen atoms in total. The molecule has 2 rings (SSSR count). The van der Waals surface area contributed by atoms with Crippen molar-refractivity contribution in [3.05, 3.63) is 63.9 Å². The molecule has 0 aliphatic carbocycles. The Labute approximate surface area is 126 Å². The summed E-state index contributed by atoms with van der Waals surface area (Å²) in [6, 6.07) is 12.0. The summed E-state index contributed by atoms with van der Waals surface area (Å²) in [7, 11) is 0. The number of halogens is 2. The van der Waals surface area contributed by atoms with Crippen LogP contribution >= 0.6 is 15.9 Å². The number of carbonyl (C=O) groups is 1. The zero-order valence-corrected chi connectivity index (χ0v) is 12.7. The summed E-state index contributed by atoms with van der Waals surface area (Å²) in [6.45, 7) is 1.94. The number of nitrogens with one attached hydrogen (secondary N) is 1. The normalized spacial score (nSPS) is 10.3. The second-order valence-corrected chi connectivity index (χ2v) is 5.55. The van der Waals surface area contributed by atoms with Gasteiger partial charge in [-0.3, -0.25) is 4.79 Å². The van der Waals surface area contributed by atoms with E-state index in [1.165, 1.54) is 12.1 Å². The van der Waals surface area contributed by atoms with Crippen molar-refractivity contribution in [1.29, 1.82) is 0 Å². The van der Waals surface area contributed by atoms with Crippen molar-refractivity contribution in [2.24, 2.45) is 0 Å². The third-order valence-corrected chi connectivity index (χ3v) is 3.49. The van der Waals surface area contributed by atoms with E-state index in [2.05, 4.69) is 21.2 Å². The Balaban J connectivity index is 1.92. The lowest BCUT2D eigenvalue weighted by Crippen LogP contribution is -2.13. The van der Waals surface area contributed by atoms with E-state index in [0.29, 0.717) is 12.8 Å². The summed E-state index contributed by atoms with van der Waals surface area (Å²) >= 11 is 3.38. The first-order chi connectivity index (χ1) is 9.54. The Bertz CT molecular complexity index is 628. The first-order valence-corrected chi connectivity index (χ1v) is 7.14. The van der Waals surface area contributed by atoms with Crippen LogP contribution in [0.25, 0.3) is 0 Å². The summed E-state index contributed by atoms with van der Waals surface area (Å²) < 4.78 is 14.0. The molecule has 0 heterocycles. The van der Waals surface area contributed by atoms with Gasteiger partial charge < -0.3 is 5.32 Å². The lowest BCUT2D eigenvalue weighted by Gasteiger charge is -2.08. The summed E-state index contributed by atoms with van der Waals surface area (Å²) in [6.07, 6.45) is 0.859. The average Bonchev–Trinajstić information content (AvgIpc) is 2.40. The number of hydrogen-bond acceptors (Lipinski definition) is 1. The number of anilines is 1. The molecule has 0 spiro atoms. The maximum absolute atomic E-state index is 13.0. The second kappa shape index (κ2) is 6.66. The van der Waals surface area contributed by atoms with E-state index >= 15 is 0 Å². The minimum absolute atomic E-state index is 0.0697. The quantitative estimate of drug-likeness (QED) is 0.877. The predicted molar refractivity (Wildman–Crippen MR) is 82.2 cm³/mol. The van der Waals surface area contributed by atoms with Gasteiger partial charge in [0, 0.05) is 16.6 Å². The zero-order chi connectivity index (χ0) is 14.5. The van der Waals surface area contributed by atoms with Crippen LogP contribution in [0.5, 0.6) is 0 Å². The van der Waals surface area contributed by atoms with Gasteiger partial charge in [0.15, 0.2) is 0 Å². The standard InChI is InChI=1S/C16H15BrFNO/c1-11-9-13(17)6-7-15(11)19-16(20)8-5-12-3-2-4-14(18)10-12/h2-4,6-7,9-10H,5,8H2,1H3,(H,19,20). The highest BCUT2D eigenvalue weighted by Gasteiger charge is 2.06. The van der Waals surface area contributed by atoms with Gasteiger partial charge in [0.2, 0.25) is 5.91 Å². The molecule has 0 saturated carbocycles. The van der Waals surface area contributed by atoms with Crippen LogP contribution in [-0.2, 0) is 11.2 Å². The van der Waals surface area contributed by atoms with Crippen LogP contribution in [-0.4, -0.2) is 5.91 Å².